The Morgan fingerprint density at radius 1 is 1.33 bits per heavy atom. The third kappa shape index (κ3) is 2.98. The predicted molar refractivity (Wildman–Crippen MR) is 84.8 cm³/mol. The van der Waals surface area contributed by atoms with Crippen LogP contribution < -0.4 is 10.2 Å². The molecule has 0 spiro atoms. The van der Waals surface area contributed by atoms with E-state index in [4.69, 9.17) is 0 Å². The van der Waals surface area contributed by atoms with Crippen LogP contribution in [0.2, 0.25) is 0 Å². The van der Waals surface area contributed by atoms with Crippen molar-refractivity contribution in [3.8, 4) is 0 Å². The van der Waals surface area contributed by atoms with E-state index >= 15 is 0 Å². The molecule has 1 amide bonds. The molecule has 2 aromatic heterocycles. The maximum absolute atomic E-state index is 12.0. The van der Waals surface area contributed by atoms with Gasteiger partial charge in [0.2, 0.25) is 5.91 Å². The molecule has 6 nitrogen and oxygen atoms in total. The summed E-state index contributed by atoms with van der Waals surface area (Å²) in [5, 5.41) is 5.06. The lowest BCUT2D eigenvalue weighted by molar-refractivity contribution is -0.131. The summed E-state index contributed by atoms with van der Waals surface area (Å²) in [4.78, 5) is 24.9. The zero-order chi connectivity index (χ0) is 14.7. The Hall–Kier alpha value is -1.73. The van der Waals surface area contributed by atoms with Crippen molar-refractivity contribution in [3.05, 3.63) is 17.8 Å². The van der Waals surface area contributed by atoms with Gasteiger partial charge in [0.15, 0.2) is 0 Å². The van der Waals surface area contributed by atoms with Crippen molar-refractivity contribution in [2.24, 2.45) is 0 Å². The first-order chi connectivity index (χ1) is 10.3. The van der Waals surface area contributed by atoms with Crippen LogP contribution in [0.1, 0.15) is 6.42 Å². The SMILES string of the molecule is CNCCC(=O)N1CCN(c2ncnc3ccsc23)CC1. The second-order valence-electron chi connectivity index (χ2n) is 5.05. The zero-order valence-electron chi connectivity index (χ0n) is 12.1. The van der Waals surface area contributed by atoms with E-state index < -0.39 is 0 Å². The molecule has 112 valence electrons. The van der Waals surface area contributed by atoms with Gasteiger partial charge in [0.05, 0.1) is 10.2 Å². The summed E-state index contributed by atoms with van der Waals surface area (Å²) < 4.78 is 1.13. The molecule has 3 heterocycles. The van der Waals surface area contributed by atoms with Crippen LogP contribution in [0, 0.1) is 0 Å². The molecule has 3 rings (SSSR count). The van der Waals surface area contributed by atoms with Crippen molar-refractivity contribution in [2.75, 3.05) is 44.7 Å². The van der Waals surface area contributed by atoms with E-state index in [9.17, 15) is 4.79 Å². The lowest BCUT2D eigenvalue weighted by Crippen LogP contribution is -2.49. The number of hydrogen-bond acceptors (Lipinski definition) is 6. The molecule has 1 fully saturated rings. The fraction of sp³-hybridized carbons (Fsp3) is 0.500. The number of carbonyl (C=O) groups excluding carboxylic acids is 1. The molecular weight excluding hydrogens is 286 g/mol. The van der Waals surface area contributed by atoms with Gasteiger partial charge in [-0.2, -0.15) is 0 Å². The fourth-order valence-corrected chi connectivity index (χ4v) is 3.42. The van der Waals surface area contributed by atoms with Crippen molar-refractivity contribution in [1.82, 2.24) is 20.2 Å². The van der Waals surface area contributed by atoms with Crippen LogP contribution in [-0.2, 0) is 4.79 Å². The summed E-state index contributed by atoms with van der Waals surface area (Å²) in [7, 11) is 1.87. The molecule has 21 heavy (non-hydrogen) atoms. The van der Waals surface area contributed by atoms with Gasteiger partial charge in [-0.25, -0.2) is 9.97 Å². The molecule has 0 saturated carbocycles. The molecule has 0 aromatic carbocycles. The third-order valence-electron chi connectivity index (χ3n) is 3.75. The topological polar surface area (TPSA) is 61.4 Å². The Bertz CT molecular complexity index is 621. The summed E-state index contributed by atoms with van der Waals surface area (Å²) in [5.41, 5.74) is 0.998. The summed E-state index contributed by atoms with van der Waals surface area (Å²) in [6, 6.07) is 2.02. The van der Waals surface area contributed by atoms with E-state index in [0.717, 1.165) is 48.8 Å². The molecule has 1 aliphatic heterocycles. The van der Waals surface area contributed by atoms with Gasteiger partial charge in [-0.05, 0) is 18.5 Å². The number of thiophene rings is 1. The zero-order valence-corrected chi connectivity index (χ0v) is 12.9. The first-order valence-corrected chi connectivity index (χ1v) is 8.03. The minimum absolute atomic E-state index is 0.230. The number of nitrogens with one attached hydrogen (secondary N) is 1. The predicted octanol–water partition coefficient (Wildman–Crippen LogP) is 0.949. The molecule has 0 unspecified atom stereocenters. The molecule has 0 radical (unpaired) electrons. The smallest absolute Gasteiger partial charge is 0.223 e. The quantitative estimate of drug-likeness (QED) is 0.911. The standard InChI is InChI=1S/C14H19N5OS/c1-15-4-2-12(20)18-5-7-19(8-6-18)14-13-11(3-9-21-13)16-10-17-14/h3,9-10,15H,2,4-8H2,1H3. The Kier molecular flexibility index (Phi) is 4.31. The highest BCUT2D eigenvalue weighted by molar-refractivity contribution is 7.17. The van der Waals surface area contributed by atoms with Gasteiger partial charge in [0.1, 0.15) is 12.1 Å². The van der Waals surface area contributed by atoms with Crippen LogP contribution >= 0.6 is 11.3 Å². The molecule has 2 aromatic rings. The Balaban J connectivity index is 1.66. The number of rotatable bonds is 4. The number of carbonyl (C=O) groups is 1. The van der Waals surface area contributed by atoms with Crippen LogP contribution in [0.3, 0.4) is 0 Å². The van der Waals surface area contributed by atoms with Gasteiger partial charge < -0.3 is 15.1 Å². The van der Waals surface area contributed by atoms with Crippen molar-refractivity contribution < 1.29 is 4.79 Å². The second-order valence-corrected chi connectivity index (χ2v) is 5.97. The maximum atomic E-state index is 12.0. The Labute approximate surface area is 127 Å². The van der Waals surface area contributed by atoms with Gasteiger partial charge in [0, 0.05) is 39.1 Å². The first kappa shape index (κ1) is 14.2. The average Bonchev–Trinajstić information content (AvgIpc) is 3.01. The van der Waals surface area contributed by atoms with E-state index in [1.807, 2.05) is 23.4 Å². The van der Waals surface area contributed by atoms with Gasteiger partial charge >= 0.3 is 0 Å². The Morgan fingerprint density at radius 3 is 2.90 bits per heavy atom. The number of hydrogen-bond donors (Lipinski definition) is 1. The van der Waals surface area contributed by atoms with Crippen LogP contribution in [0.25, 0.3) is 10.2 Å². The number of anilines is 1. The van der Waals surface area contributed by atoms with Gasteiger partial charge in [-0.3, -0.25) is 4.79 Å². The largest absolute Gasteiger partial charge is 0.352 e. The highest BCUT2D eigenvalue weighted by atomic mass is 32.1. The average molecular weight is 305 g/mol. The summed E-state index contributed by atoms with van der Waals surface area (Å²) in [6.07, 6.45) is 2.19. The van der Waals surface area contributed by atoms with E-state index in [2.05, 4.69) is 20.2 Å². The second kappa shape index (κ2) is 6.36. The molecule has 1 aliphatic rings. The number of piperazine rings is 1. The number of aromatic nitrogens is 2. The third-order valence-corrected chi connectivity index (χ3v) is 4.64. The molecule has 0 atom stereocenters. The molecule has 0 bridgehead atoms. The van der Waals surface area contributed by atoms with Crippen LogP contribution in [0.4, 0.5) is 5.82 Å². The molecule has 1 saturated heterocycles. The van der Waals surface area contributed by atoms with Crippen LogP contribution in [0.5, 0.6) is 0 Å². The first-order valence-electron chi connectivity index (χ1n) is 7.15. The van der Waals surface area contributed by atoms with E-state index in [-0.39, 0.29) is 5.91 Å². The number of amides is 1. The number of nitrogens with zero attached hydrogens (tertiary/aromatic N) is 4. The summed E-state index contributed by atoms with van der Waals surface area (Å²) >= 11 is 1.67. The van der Waals surface area contributed by atoms with E-state index in [1.54, 1.807) is 17.7 Å². The lowest BCUT2D eigenvalue weighted by atomic mass is 10.2. The Morgan fingerprint density at radius 2 is 2.14 bits per heavy atom. The van der Waals surface area contributed by atoms with Crippen molar-refractivity contribution >= 4 is 33.3 Å². The van der Waals surface area contributed by atoms with Gasteiger partial charge in [0.25, 0.3) is 0 Å². The molecular formula is C14H19N5OS. The minimum atomic E-state index is 0.230. The summed E-state index contributed by atoms with van der Waals surface area (Å²) in [6.45, 7) is 3.92. The van der Waals surface area contributed by atoms with Gasteiger partial charge in [-0.15, -0.1) is 11.3 Å². The van der Waals surface area contributed by atoms with Crippen molar-refractivity contribution in [1.29, 1.82) is 0 Å². The molecule has 1 N–H and O–H groups in total. The van der Waals surface area contributed by atoms with E-state index in [1.165, 1.54) is 0 Å². The van der Waals surface area contributed by atoms with Crippen molar-refractivity contribution in [2.45, 2.75) is 6.42 Å². The van der Waals surface area contributed by atoms with Crippen LogP contribution in [0.15, 0.2) is 17.8 Å². The minimum Gasteiger partial charge on any atom is -0.352 e. The summed E-state index contributed by atoms with van der Waals surface area (Å²) in [5.74, 6) is 1.23. The highest BCUT2D eigenvalue weighted by Gasteiger charge is 2.22. The molecule has 0 aliphatic carbocycles. The number of fused-ring (bicyclic) bond motifs is 1. The van der Waals surface area contributed by atoms with Crippen LogP contribution in [-0.4, -0.2) is 60.5 Å². The monoisotopic (exact) mass is 305 g/mol. The van der Waals surface area contributed by atoms with E-state index in [0.29, 0.717) is 6.42 Å². The van der Waals surface area contributed by atoms with Crippen molar-refractivity contribution in [3.63, 3.8) is 0 Å². The lowest BCUT2D eigenvalue weighted by Gasteiger charge is -2.35. The highest BCUT2D eigenvalue weighted by Crippen LogP contribution is 2.28. The molecule has 7 heteroatoms. The fourth-order valence-electron chi connectivity index (χ4n) is 2.56. The van der Waals surface area contributed by atoms with Gasteiger partial charge in [-0.1, -0.05) is 0 Å². The normalized spacial score (nSPS) is 15.7. The maximum Gasteiger partial charge on any atom is 0.223 e.